The Morgan fingerprint density at radius 3 is 2.45 bits per heavy atom. The zero-order valence-corrected chi connectivity index (χ0v) is 11.4. The molecule has 5 nitrogen and oxygen atoms in total. The Morgan fingerprint density at radius 1 is 1.25 bits per heavy atom. The van der Waals surface area contributed by atoms with Gasteiger partial charge in [0, 0.05) is 19.3 Å². The number of halogens is 2. The highest BCUT2D eigenvalue weighted by Crippen LogP contribution is 2.14. The molecule has 1 aromatic rings. The summed E-state index contributed by atoms with van der Waals surface area (Å²) in [5.74, 6) is -1.55. The molecule has 0 unspecified atom stereocenters. The van der Waals surface area contributed by atoms with Crippen LogP contribution in [0.4, 0.5) is 19.3 Å². The fourth-order valence-corrected chi connectivity index (χ4v) is 1.47. The number of anilines is 1. The van der Waals surface area contributed by atoms with E-state index < -0.39 is 24.0 Å². The van der Waals surface area contributed by atoms with Crippen LogP contribution in [0.15, 0.2) is 18.2 Å². The van der Waals surface area contributed by atoms with E-state index in [1.54, 1.807) is 13.8 Å². The van der Waals surface area contributed by atoms with Gasteiger partial charge in [-0.05, 0) is 26.0 Å². The number of benzene rings is 1. The van der Waals surface area contributed by atoms with Gasteiger partial charge in [-0.25, -0.2) is 13.6 Å². The lowest BCUT2D eigenvalue weighted by Gasteiger charge is -2.17. The van der Waals surface area contributed by atoms with Gasteiger partial charge in [0.15, 0.2) is 6.29 Å². The van der Waals surface area contributed by atoms with E-state index in [1.165, 1.54) is 0 Å². The van der Waals surface area contributed by atoms with Gasteiger partial charge in [-0.3, -0.25) is 0 Å². The number of amides is 2. The molecule has 0 aliphatic carbocycles. The molecule has 1 aromatic carbocycles. The van der Waals surface area contributed by atoms with Gasteiger partial charge in [0.1, 0.15) is 11.6 Å². The van der Waals surface area contributed by atoms with E-state index in [0.29, 0.717) is 19.3 Å². The summed E-state index contributed by atoms with van der Waals surface area (Å²) in [4.78, 5) is 11.6. The summed E-state index contributed by atoms with van der Waals surface area (Å²) in [6.07, 6.45) is -0.561. The standard InChI is InChI=1S/C13H18F2N2O3/c1-3-19-12(20-4-2)8-16-13(18)17-11-6-5-9(14)7-10(11)15/h5-7,12H,3-4,8H2,1-2H3,(H2,16,17,18). The Balaban J connectivity index is 2.46. The van der Waals surface area contributed by atoms with Crippen LogP contribution < -0.4 is 10.6 Å². The molecule has 7 heteroatoms. The number of ether oxygens (including phenoxy) is 2. The Labute approximate surface area is 116 Å². The summed E-state index contributed by atoms with van der Waals surface area (Å²) >= 11 is 0. The zero-order chi connectivity index (χ0) is 15.0. The predicted octanol–water partition coefficient (Wildman–Crippen LogP) is 2.49. The summed E-state index contributed by atoms with van der Waals surface area (Å²) in [5.41, 5.74) is -0.103. The predicted molar refractivity (Wildman–Crippen MR) is 70.4 cm³/mol. The highest BCUT2D eigenvalue weighted by Gasteiger charge is 2.11. The average molecular weight is 288 g/mol. The van der Waals surface area contributed by atoms with Crippen LogP contribution in [0, 0.1) is 11.6 Å². The molecule has 0 radical (unpaired) electrons. The molecule has 20 heavy (non-hydrogen) atoms. The molecule has 0 fully saturated rings. The third-order valence-electron chi connectivity index (χ3n) is 2.31. The maximum absolute atomic E-state index is 13.3. The maximum atomic E-state index is 13.3. The van der Waals surface area contributed by atoms with Gasteiger partial charge in [-0.1, -0.05) is 0 Å². The second-order valence-electron chi connectivity index (χ2n) is 3.80. The molecular weight excluding hydrogens is 270 g/mol. The van der Waals surface area contributed by atoms with Crippen LogP contribution in [0.25, 0.3) is 0 Å². The van der Waals surface area contributed by atoms with Crippen molar-refractivity contribution in [2.24, 2.45) is 0 Å². The van der Waals surface area contributed by atoms with Gasteiger partial charge in [-0.2, -0.15) is 0 Å². The van der Waals surface area contributed by atoms with Crippen molar-refractivity contribution < 1.29 is 23.0 Å². The van der Waals surface area contributed by atoms with E-state index in [2.05, 4.69) is 10.6 Å². The van der Waals surface area contributed by atoms with Crippen molar-refractivity contribution in [1.82, 2.24) is 5.32 Å². The van der Waals surface area contributed by atoms with Crippen molar-refractivity contribution in [2.75, 3.05) is 25.1 Å². The van der Waals surface area contributed by atoms with E-state index in [1.807, 2.05) is 0 Å². The normalized spacial score (nSPS) is 10.7. The third kappa shape index (κ3) is 5.50. The molecule has 112 valence electrons. The summed E-state index contributed by atoms with van der Waals surface area (Å²) in [5, 5.41) is 4.76. The van der Waals surface area contributed by atoms with Gasteiger partial charge in [0.25, 0.3) is 0 Å². The van der Waals surface area contributed by atoms with Crippen LogP contribution in [0.5, 0.6) is 0 Å². The average Bonchev–Trinajstić information content (AvgIpc) is 2.40. The molecule has 0 spiro atoms. The molecular formula is C13H18F2N2O3. The Bertz CT molecular complexity index is 438. The Hall–Kier alpha value is -1.73. The fraction of sp³-hybridized carbons (Fsp3) is 0.462. The van der Waals surface area contributed by atoms with E-state index in [0.717, 1.165) is 12.1 Å². The van der Waals surface area contributed by atoms with E-state index >= 15 is 0 Å². The van der Waals surface area contributed by atoms with E-state index in [4.69, 9.17) is 9.47 Å². The summed E-state index contributed by atoms with van der Waals surface area (Å²) < 4.78 is 36.5. The number of carbonyl (C=O) groups excluding carboxylic acids is 1. The monoisotopic (exact) mass is 288 g/mol. The van der Waals surface area contributed by atoms with Crippen LogP contribution >= 0.6 is 0 Å². The number of hydrogen-bond donors (Lipinski definition) is 2. The first-order chi connectivity index (χ1) is 9.56. The molecule has 0 saturated carbocycles. The number of carbonyl (C=O) groups is 1. The molecule has 0 bridgehead atoms. The SMILES string of the molecule is CCOC(CNC(=O)Nc1ccc(F)cc1F)OCC. The fourth-order valence-electron chi connectivity index (χ4n) is 1.47. The Morgan fingerprint density at radius 2 is 1.90 bits per heavy atom. The molecule has 0 saturated heterocycles. The minimum absolute atomic E-state index is 0.103. The number of hydrogen-bond acceptors (Lipinski definition) is 3. The lowest BCUT2D eigenvalue weighted by molar-refractivity contribution is -0.131. The smallest absolute Gasteiger partial charge is 0.319 e. The number of urea groups is 1. The van der Waals surface area contributed by atoms with Gasteiger partial charge in [0.05, 0.1) is 12.2 Å². The van der Waals surface area contributed by atoms with Gasteiger partial charge in [-0.15, -0.1) is 0 Å². The summed E-state index contributed by atoms with van der Waals surface area (Å²) in [7, 11) is 0. The quantitative estimate of drug-likeness (QED) is 0.758. The zero-order valence-electron chi connectivity index (χ0n) is 11.4. The summed E-state index contributed by atoms with van der Waals surface area (Å²) in [6, 6.07) is 2.27. The van der Waals surface area contributed by atoms with Gasteiger partial charge < -0.3 is 20.1 Å². The van der Waals surface area contributed by atoms with Crippen molar-refractivity contribution >= 4 is 11.7 Å². The summed E-state index contributed by atoms with van der Waals surface area (Å²) in [6.45, 7) is 4.62. The topological polar surface area (TPSA) is 59.6 Å². The molecule has 0 atom stereocenters. The number of rotatable bonds is 7. The van der Waals surface area contributed by atoms with Crippen molar-refractivity contribution in [3.63, 3.8) is 0 Å². The van der Waals surface area contributed by atoms with Crippen molar-refractivity contribution in [3.05, 3.63) is 29.8 Å². The van der Waals surface area contributed by atoms with Crippen LogP contribution in [0.1, 0.15) is 13.8 Å². The van der Waals surface area contributed by atoms with E-state index in [-0.39, 0.29) is 12.2 Å². The highest BCUT2D eigenvalue weighted by atomic mass is 19.1. The minimum atomic E-state index is -0.841. The Kier molecular flexibility index (Phi) is 6.89. The molecule has 1 rings (SSSR count). The van der Waals surface area contributed by atoms with Crippen LogP contribution in [0.3, 0.4) is 0 Å². The van der Waals surface area contributed by atoms with Crippen molar-refractivity contribution in [3.8, 4) is 0 Å². The van der Waals surface area contributed by atoms with Crippen LogP contribution in [-0.2, 0) is 9.47 Å². The highest BCUT2D eigenvalue weighted by molar-refractivity contribution is 5.89. The molecule has 0 aliphatic rings. The van der Waals surface area contributed by atoms with Crippen LogP contribution in [0.2, 0.25) is 0 Å². The first-order valence-corrected chi connectivity index (χ1v) is 6.29. The van der Waals surface area contributed by atoms with Crippen molar-refractivity contribution in [2.45, 2.75) is 20.1 Å². The molecule has 2 amide bonds. The molecule has 0 aromatic heterocycles. The van der Waals surface area contributed by atoms with Crippen LogP contribution in [-0.4, -0.2) is 32.1 Å². The van der Waals surface area contributed by atoms with Gasteiger partial charge in [0.2, 0.25) is 0 Å². The molecule has 0 aliphatic heterocycles. The lowest BCUT2D eigenvalue weighted by atomic mass is 10.3. The van der Waals surface area contributed by atoms with Crippen molar-refractivity contribution in [1.29, 1.82) is 0 Å². The largest absolute Gasteiger partial charge is 0.351 e. The molecule has 0 heterocycles. The first-order valence-electron chi connectivity index (χ1n) is 6.29. The maximum Gasteiger partial charge on any atom is 0.319 e. The first kappa shape index (κ1) is 16.3. The lowest BCUT2D eigenvalue weighted by Crippen LogP contribution is -2.38. The third-order valence-corrected chi connectivity index (χ3v) is 2.31. The molecule has 2 N–H and O–H groups in total. The van der Waals surface area contributed by atoms with Gasteiger partial charge >= 0.3 is 6.03 Å². The second kappa shape index (κ2) is 8.44. The minimum Gasteiger partial charge on any atom is -0.351 e. The van der Waals surface area contributed by atoms with E-state index in [9.17, 15) is 13.6 Å². The second-order valence-corrected chi connectivity index (χ2v) is 3.80. The number of nitrogens with one attached hydrogen (secondary N) is 2.